The van der Waals surface area contributed by atoms with E-state index in [0.717, 1.165) is 12.3 Å². The number of alkyl halides is 3. The fraction of sp³-hybridized carbons (Fsp3) is 0.269. The van der Waals surface area contributed by atoms with Crippen LogP contribution in [0.3, 0.4) is 0 Å². The van der Waals surface area contributed by atoms with E-state index in [9.17, 15) is 22.8 Å². The first kappa shape index (κ1) is 26.0. The molecule has 2 aromatic carbocycles. The normalized spacial score (nSPS) is 15.2. The largest absolute Gasteiger partial charge is 0.417 e. The Morgan fingerprint density at radius 3 is 2.22 bits per heavy atom. The molecule has 1 fully saturated rings. The highest BCUT2D eigenvalue weighted by Gasteiger charge is 2.31. The van der Waals surface area contributed by atoms with Crippen molar-refractivity contribution in [1.29, 1.82) is 0 Å². The predicted octanol–water partition coefficient (Wildman–Crippen LogP) is 4.08. The second kappa shape index (κ2) is 10.9. The Labute approximate surface area is 212 Å². The van der Waals surface area contributed by atoms with Gasteiger partial charge in [-0.25, -0.2) is 4.98 Å². The topological polar surface area (TPSA) is 104 Å². The monoisotopic (exact) mass is 512 g/mol. The number of piperazine rings is 1. The minimum absolute atomic E-state index is 0.199. The first-order valence-electron chi connectivity index (χ1n) is 11.7. The molecule has 8 nitrogen and oxygen atoms in total. The van der Waals surface area contributed by atoms with E-state index in [1.807, 2.05) is 9.80 Å². The number of hydrogen-bond acceptors (Lipinski definition) is 6. The van der Waals surface area contributed by atoms with Crippen molar-refractivity contribution in [2.24, 2.45) is 0 Å². The molecule has 0 aliphatic carbocycles. The molecule has 1 aliphatic heterocycles. The number of nitrogen functional groups attached to an aromatic ring is 1. The zero-order chi connectivity index (χ0) is 26.6. The van der Waals surface area contributed by atoms with Crippen LogP contribution in [0.15, 0.2) is 66.9 Å². The Balaban J connectivity index is 1.28. The Bertz CT molecular complexity index is 1240. The van der Waals surface area contributed by atoms with Crippen LogP contribution in [-0.2, 0) is 11.0 Å². The molecule has 1 atom stereocenters. The van der Waals surface area contributed by atoms with Gasteiger partial charge >= 0.3 is 6.18 Å². The first-order valence-corrected chi connectivity index (χ1v) is 11.7. The predicted molar refractivity (Wildman–Crippen MR) is 136 cm³/mol. The number of para-hydroxylation sites is 2. The zero-order valence-corrected chi connectivity index (χ0v) is 20.1. The summed E-state index contributed by atoms with van der Waals surface area (Å²) in [6, 6.07) is 15.5. The highest BCUT2D eigenvalue weighted by molar-refractivity contribution is 6.06. The van der Waals surface area contributed by atoms with Gasteiger partial charge in [0, 0.05) is 43.6 Å². The highest BCUT2D eigenvalue weighted by atomic mass is 19.4. The minimum atomic E-state index is -4.42. The van der Waals surface area contributed by atoms with Crippen LogP contribution in [0.1, 0.15) is 22.8 Å². The lowest BCUT2D eigenvalue weighted by Gasteiger charge is -2.38. The molecule has 4 N–H and O–H groups in total. The SMILES string of the molecule is CC(C(=O)Nc1ccc(C(=O)Nc2ccccc2N)cc1)N1CCN(c2ccc(C(F)(F)F)cn2)CC1. The minimum Gasteiger partial charge on any atom is -0.397 e. The summed E-state index contributed by atoms with van der Waals surface area (Å²) in [5.74, 6) is -0.0382. The second-order valence-electron chi connectivity index (χ2n) is 8.71. The number of hydrogen-bond donors (Lipinski definition) is 3. The molecule has 4 rings (SSSR count). The molecule has 194 valence electrons. The van der Waals surface area contributed by atoms with Crippen molar-refractivity contribution < 1.29 is 22.8 Å². The van der Waals surface area contributed by atoms with E-state index in [-0.39, 0.29) is 11.8 Å². The summed E-state index contributed by atoms with van der Waals surface area (Å²) in [4.78, 5) is 33.1. The Kier molecular flexibility index (Phi) is 7.63. The Morgan fingerprint density at radius 1 is 0.946 bits per heavy atom. The molecule has 1 unspecified atom stereocenters. The summed E-state index contributed by atoms with van der Waals surface area (Å²) >= 11 is 0. The molecule has 1 saturated heterocycles. The van der Waals surface area contributed by atoms with E-state index in [1.165, 1.54) is 6.07 Å². The lowest BCUT2D eigenvalue weighted by molar-refractivity contribution is -0.137. The number of nitrogens with two attached hydrogens (primary N) is 1. The number of anilines is 4. The number of benzene rings is 2. The van der Waals surface area contributed by atoms with Crippen molar-refractivity contribution in [2.45, 2.75) is 19.1 Å². The van der Waals surface area contributed by atoms with Gasteiger partial charge in [-0.1, -0.05) is 12.1 Å². The van der Waals surface area contributed by atoms with Crippen LogP contribution in [0, 0.1) is 0 Å². The third-order valence-corrected chi connectivity index (χ3v) is 6.26. The van der Waals surface area contributed by atoms with Crippen LogP contribution in [0.5, 0.6) is 0 Å². The van der Waals surface area contributed by atoms with Crippen molar-refractivity contribution in [2.75, 3.05) is 47.4 Å². The third kappa shape index (κ3) is 6.36. The quantitative estimate of drug-likeness (QED) is 0.430. The number of rotatable bonds is 6. The molecule has 1 aliphatic rings. The van der Waals surface area contributed by atoms with E-state index < -0.39 is 17.8 Å². The number of carbonyl (C=O) groups is 2. The zero-order valence-electron chi connectivity index (χ0n) is 20.1. The lowest BCUT2D eigenvalue weighted by Crippen LogP contribution is -2.53. The molecule has 0 spiro atoms. The van der Waals surface area contributed by atoms with Gasteiger partial charge in [0.1, 0.15) is 5.82 Å². The highest BCUT2D eigenvalue weighted by Crippen LogP contribution is 2.29. The van der Waals surface area contributed by atoms with Crippen molar-refractivity contribution in [3.8, 4) is 0 Å². The number of aromatic nitrogens is 1. The molecule has 0 bridgehead atoms. The number of pyridine rings is 1. The summed E-state index contributed by atoms with van der Waals surface area (Å²) in [5, 5.41) is 5.62. The summed E-state index contributed by atoms with van der Waals surface area (Å²) < 4.78 is 38.3. The van der Waals surface area contributed by atoms with E-state index in [2.05, 4.69) is 15.6 Å². The summed E-state index contributed by atoms with van der Waals surface area (Å²) in [7, 11) is 0. The van der Waals surface area contributed by atoms with Crippen LogP contribution >= 0.6 is 0 Å². The number of carbonyl (C=O) groups excluding carboxylic acids is 2. The Morgan fingerprint density at radius 2 is 1.62 bits per heavy atom. The van der Waals surface area contributed by atoms with Crippen LogP contribution in [-0.4, -0.2) is 53.9 Å². The fourth-order valence-electron chi connectivity index (χ4n) is 4.00. The molecular formula is C26H27F3N6O2. The molecule has 0 saturated carbocycles. The van der Waals surface area contributed by atoms with Gasteiger partial charge in [-0.15, -0.1) is 0 Å². The molecule has 37 heavy (non-hydrogen) atoms. The molecule has 2 amide bonds. The van der Waals surface area contributed by atoms with Crippen LogP contribution < -0.4 is 21.3 Å². The number of amides is 2. The van der Waals surface area contributed by atoms with Gasteiger partial charge in [0.25, 0.3) is 5.91 Å². The van der Waals surface area contributed by atoms with Gasteiger partial charge in [0.2, 0.25) is 5.91 Å². The van der Waals surface area contributed by atoms with Gasteiger partial charge in [-0.3, -0.25) is 14.5 Å². The molecule has 2 heterocycles. The Hall–Kier alpha value is -4.12. The molecular weight excluding hydrogens is 485 g/mol. The van der Waals surface area contributed by atoms with Gasteiger partial charge in [-0.05, 0) is 55.5 Å². The first-order chi connectivity index (χ1) is 17.6. The van der Waals surface area contributed by atoms with E-state index in [0.29, 0.717) is 54.6 Å². The number of nitrogens with one attached hydrogen (secondary N) is 2. The summed E-state index contributed by atoms with van der Waals surface area (Å²) in [6.45, 7) is 3.98. The van der Waals surface area contributed by atoms with Crippen LogP contribution in [0.2, 0.25) is 0 Å². The van der Waals surface area contributed by atoms with E-state index in [1.54, 1.807) is 55.5 Å². The van der Waals surface area contributed by atoms with Crippen molar-refractivity contribution in [1.82, 2.24) is 9.88 Å². The van der Waals surface area contributed by atoms with E-state index in [4.69, 9.17) is 5.73 Å². The van der Waals surface area contributed by atoms with Crippen LogP contribution in [0.25, 0.3) is 0 Å². The maximum absolute atomic E-state index is 12.8. The fourth-order valence-corrected chi connectivity index (χ4v) is 4.00. The van der Waals surface area contributed by atoms with Gasteiger partial charge < -0.3 is 21.3 Å². The average Bonchev–Trinajstić information content (AvgIpc) is 2.89. The molecule has 1 aromatic heterocycles. The standard InChI is InChI=1S/C26H27F3N6O2/c1-17(34-12-14-35(15-13-34)23-11-8-19(16-31-23)26(27,28)29)24(36)32-20-9-6-18(7-10-20)25(37)33-22-5-3-2-4-21(22)30/h2-11,16-17H,12-15,30H2,1H3,(H,32,36)(H,33,37). The van der Waals surface area contributed by atoms with E-state index >= 15 is 0 Å². The number of nitrogens with zero attached hydrogens (tertiary/aromatic N) is 3. The third-order valence-electron chi connectivity index (χ3n) is 6.26. The number of halogens is 3. The maximum Gasteiger partial charge on any atom is 0.417 e. The maximum atomic E-state index is 12.8. The van der Waals surface area contributed by atoms with Gasteiger partial charge in [0.05, 0.1) is 23.0 Å². The summed E-state index contributed by atoms with van der Waals surface area (Å²) in [6.07, 6.45) is -3.58. The molecule has 3 aromatic rings. The lowest BCUT2D eigenvalue weighted by atomic mass is 10.1. The van der Waals surface area contributed by atoms with Crippen LogP contribution in [0.4, 0.5) is 36.1 Å². The summed E-state index contributed by atoms with van der Waals surface area (Å²) in [5.41, 5.74) is 7.04. The molecule has 0 radical (unpaired) electrons. The van der Waals surface area contributed by atoms with Crippen molar-refractivity contribution in [3.63, 3.8) is 0 Å². The van der Waals surface area contributed by atoms with Crippen molar-refractivity contribution in [3.05, 3.63) is 78.0 Å². The second-order valence-corrected chi connectivity index (χ2v) is 8.71. The smallest absolute Gasteiger partial charge is 0.397 e. The van der Waals surface area contributed by atoms with Gasteiger partial charge in [-0.2, -0.15) is 13.2 Å². The average molecular weight is 513 g/mol. The van der Waals surface area contributed by atoms with Gasteiger partial charge in [0.15, 0.2) is 0 Å². The van der Waals surface area contributed by atoms with Crippen molar-refractivity contribution >= 4 is 34.7 Å². The molecule has 11 heteroatoms.